The van der Waals surface area contributed by atoms with Gasteiger partial charge in [-0.25, -0.2) is 4.39 Å². The summed E-state index contributed by atoms with van der Waals surface area (Å²) < 4.78 is 19.3. The summed E-state index contributed by atoms with van der Waals surface area (Å²) in [5.74, 6) is 0.256. The molecule has 0 amide bonds. The molecule has 0 saturated heterocycles. The molecule has 4 nitrogen and oxygen atoms in total. The molecule has 3 aromatic rings. The fraction of sp³-hybridized carbons (Fsp3) is 0.211. The highest BCUT2D eigenvalue weighted by Gasteiger charge is 2.21. The van der Waals surface area contributed by atoms with Gasteiger partial charge in [0.2, 0.25) is 5.52 Å². The third-order valence-corrected chi connectivity index (χ3v) is 3.83. The molecule has 0 saturated carbocycles. The number of fused-ring (bicyclic) bond motifs is 1. The van der Waals surface area contributed by atoms with Gasteiger partial charge in [-0.1, -0.05) is 12.1 Å². The smallest absolute Gasteiger partial charge is 0.227 e. The molecular weight excluding hydrogens is 309 g/mol. The Hall–Kier alpha value is -2.66. The average Bonchev–Trinajstić information content (AvgIpc) is 2.53. The zero-order valence-corrected chi connectivity index (χ0v) is 13.5. The van der Waals surface area contributed by atoms with Gasteiger partial charge in [-0.3, -0.25) is 0 Å². The van der Waals surface area contributed by atoms with Gasteiger partial charge >= 0.3 is 0 Å². The molecule has 0 spiro atoms. The second kappa shape index (κ2) is 6.09. The minimum absolute atomic E-state index is 0.284. The van der Waals surface area contributed by atoms with Crippen LogP contribution in [0.25, 0.3) is 10.9 Å². The van der Waals surface area contributed by atoms with E-state index in [4.69, 9.17) is 4.74 Å². The molecule has 0 radical (unpaired) electrons. The maximum absolute atomic E-state index is 12.9. The molecule has 0 aliphatic heterocycles. The molecule has 1 aromatic heterocycles. The van der Waals surface area contributed by atoms with Crippen molar-refractivity contribution in [2.24, 2.45) is 0 Å². The Bertz CT molecular complexity index is 870. The van der Waals surface area contributed by atoms with Gasteiger partial charge in [0.25, 0.3) is 0 Å². The van der Waals surface area contributed by atoms with E-state index in [0.717, 1.165) is 15.7 Å². The third-order valence-electron chi connectivity index (χ3n) is 3.83. The standard InChI is InChI=1S/C19H18FNO3/c1-19(2,22)15-9-14-5-8-17(10-18(14)21(23)11-15)24-12-13-3-6-16(20)7-4-13/h3-11,22H,12H2,1-2H3. The van der Waals surface area contributed by atoms with Crippen molar-refractivity contribution in [1.82, 2.24) is 0 Å². The molecule has 0 unspecified atom stereocenters. The number of aromatic nitrogens is 1. The highest BCUT2D eigenvalue weighted by Crippen LogP contribution is 2.24. The number of hydrogen-bond donors (Lipinski definition) is 1. The first-order chi connectivity index (χ1) is 11.3. The zero-order valence-electron chi connectivity index (χ0n) is 13.5. The van der Waals surface area contributed by atoms with Gasteiger partial charge in [0.15, 0.2) is 6.20 Å². The van der Waals surface area contributed by atoms with E-state index in [9.17, 15) is 14.7 Å². The van der Waals surface area contributed by atoms with E-state index < -0.39 is 5.60 Å². The predicted molar refractivity (Wildman–Crippen MR) is 88.9 cm³/mol. The Morgan fingerprint density at radius 1 is 1.12 bits per heavy atom. The van der Waals surface area contributed by atoms with E-state index in [2.05, 4.69) is 0 Å². The normalized spacial score (nSPS) is 11.7. The molecule has 124 valence electrons. The Morgan fingerprint density at radius 2 is 1.83 bits per heavy atom. The Kier molecular flexibility index (Phi) is 4.11. The lowest BCUT2D eigenvalue weighted by Gasteiger charge is -2.17. The number of nitrogens with zero attached hydrogens (tertiary/aromatic N) is 1. The number of benzene rings is 2. The van der Waals surface area contributed by atoms with Gasteiger partial charge in [-0.05, 0) is 49.7 Å². The van der Waals surface area contributed by atoms with Crippen LogP contribution in [0.15, 0.2) is 54.7 Å². The molecule has 0 bridgehead atoms. The second-order valence-electron chi connectivity index (χ2n) is 6.25. The van der Waals surface area contributed by atoms with Crippen LogP contribution >= 0.6 is 0 Å². The largest absolute Gasteiger partial charge is 0.618 e. The lowest BCUT2D eigenvalue weighted by atomic mass is 9.99. The van der Waals surface area contributed by atoms with Crippen LogP contribution in [0.4, 0.5) is 4.39 Å². The summed E-state index contributed by atoms with van der Waals surface area (Å²) in [7, 11) is 0. The lowest BCUT2D eigenvalue weighted by molar-refractivity contribution is -0.577. The first-order valence-electron chi connectivity index (χ1n) is 7.60. The zero-order chi connectivity index (χ0) is 17.3. The minimum atomic E-state index is -1.09. The fourth-order valence-corrected chi connectivity index (χ4v) is 2.41. The summed E-state index contributed by atoms with van der Waals surface area (Å²) >= 11 is 0. The highest BCUT2D eigenvalue weighted by molar-refractivity contribution is 5.78. The van der Waals surface area contributed by atoms with Gasteiger partial charge in [0, 0.05) is 10.9 Å². The summed E-state index contributed by atoms with van der Waals surface area (Å²) in [6, 6.07) is 13.0. The maximum Gasteiger partial charge on any atom is 0.227 e. The van der Waals surface area contributed by atoms with Crippen molar-refractivity contribution in [2.75, 3.05) is 0 Å². The fourth-order valence-electron chi connectivity index (χ4n) is 2.41. The average molecular weight is 327 g/mol. The first kappa shape index (κ1) is 16.2. The van der Waals surface area contributed by atoms with Crippen molar-refractivity contribution < 1.29 is 19.0 Å². The van der Waals surface area contributed by atoms with E-state index in [-0.39, 0.29) is 12.4 Å². The van der Waals surface area contributed by atoms with Crippen molar-refractivity contribution in [3.63, 3.8) is 0 Å². The second-order valence-corrected chi connectivity index (χ2v) is 6.25. The van der Waals surface area contributed by atoms with Crippen LogP contribution in [0.2, 0.25) is 0 Å². The number of ether oxygens (including phenoxy) is 1. The molecule has 0 fully saturated rings. The predicted octanol–water partition coefficient (Wildman–Crippen LogP) is 3.42. The molecule has 0 aliphatic carbocycles. The van der Waals surface area contributed by atoms with Crippen molar-refractivity contribution >= 4 is 10.9 Å². The first-order valence-corrected chi connectivity index (χ1v) is 7.60. The van der Waals surface area contributed by atoms with Crippen LogP contribution in [0, 0.1) is 11.0 Å². The number of hydrogen-bond acceptors (Lipinski definition) is 3. The van der Waals surface area contributed by atoms with Crippen molar-refractivity contribution in [1.29, 1.82) is 0 Å². The van der Waals surface area contributed by atoms with Crippen LogP contribution in [0.5, 0.6) is 5.75 Å². The lowest BCUT2D eigenvalue weighted by Crippen LogP contribution is -2.30. The van der Waals surface area contributed by atoms with Crippen LogP contribution in [0.3, 0.4) is 0 Å². The van der Waals surface area contributed by atoms with Gasteiger partial charge in [0.05, 0.1) is 11.7 Å². The van der Waals surface area contributed by atoms with Crippen LogP contribution in [-0.2, 0) is 12.2 Å². The van der Waals surface area contributed by atoms with Gasteiger partial charge in [-0.2, -0.15) is 4.73 Å². The minimum Gasteiger partial charge on any atom is -0.618 e. The van der Waals surface area contributed by atoms with E-state index in [1.807, 2.05) is 0 Å². The summed E-state index contributed by atoms with van der Waals surface area (Å²) in [5.41, 5.74) is 0.756. The van der Waals surface area contributed by atoms with E-state index in [1.54, 1.807) is 50.2 Å². The molecule has 2 aromatic carbocycles. The van der Waals surface area contributed by atoms with E-state index >= 15 is 0 Å². The van der Waals surface area contributed by atoms with Gasteiger partial charge < -0.3 is 15.1 Å². The van der Waals surface area contributed by atoms with Crippen LogP contribution in [0.1, 0.15) is 25.0 Å². The number of pyridine rings is 1. The monoisotopic (exact) mass is 327 g/mol. The summed E-state index contributed by atoms with van der Waals surface area (Å²) in [5, 5.41) is 23.0. The third kappa shape index (κ3) is 3.46. The molecule has 0 atom stereocenters. The van der Waals surface area contributed by atoms with Crippen LogP contribution in [-0.4, -0.2) is 5.11 Å². The highest BCUT2D eigenvalue weighted by atomic mass is 19.1. The molecular formula is C19H18FNO3. The molecule has 1 heterocycles. The Labute approximate surface area is 139 Å². The van der Waals surface area contributed by atoms with Crippen molar-refractivity contribution in [3.8, 4) is 5.75 Å². The molecule has 5 heteroatoms. The summed E-state index contributed by atoms with van der Waals surface area (Å²) in [4.78, 5) is 0. The number of rotatable bonds is 4. The summed E-state index contributed by atoms with van der Waals surface area (Å²) in [6.45, 7) is 3.55. The number of aliphatic hydroxyl groups is 1. The van der Waals surface area contributed by atoms with Gasteiger partial charge in [0.1, 0.15) is 18.2 Å². The Morgan fingerprint density at radius 3 is 2.50 bits per heavy atom. The van der Waals surface area contributed by atoms with E-state index in [1.165, 1.54) is 18.3 Å². The molecule has 3 rings (SSSR count). The van der Waals surface area contributed by atoms with E-state index in [0.29, 0.717) is 16.8 Å². The maximum atomic E-state index is 12.9. The van der Waals surface area contributed by atoms with Crippen molar-refractivity contribution in [2.45, 2.75) is 26.1 Å². The van der Waals surface area contributed by atoms with Crippen LogP contribution < -0.4 is 9.47 Å². The van der Waals surface area contributed by atoms with Crippen molar-refractivity contribution in [3.05, 3.63) is 76.9 Å². The van der Waals surface area contributed by atoms with Gasteiger partial charge in [-0.15, -0.1) is 0 Å². The molecule has 0 aliphatic rings. The number of halogens is 1. The molecule has 1 N–H and O–H groups in total. The summed E-state index contributed by atoms with van der Waals surface area (Å²) in [6.07, 6.45) is 1.37. The quantitative estimate of drug-likeness (QED) is 0.590. The molecule has 24 heavy (non-hydrogen) atoms. The topological polar surface area (TPSA) is 56.4 Å². The Balaban J connectivity index is 1.86. The SMILES string of the molecule is CC(C)(O)c1cc2ccc(OCc3ccc(F)cc3)cc2[n+]([O-])c1.